The van der Waals surface area contributed by atoms with E-state index in [1.54, 1.807) is 0 Å². The van der Waals surface area contributed by atoms with Gasteiger partial charge in [0.1, 0.15) is 13.2 Å². The third-order valence-electron chi connectivity index (χ3n) is 15.3. The molecule has 0 saturated heterocycles. The Bertz CT molecular complexity index is 1330. The zero-order chi connectivity index (χ0) is 55.7. The quantitative estimate of drug-likeness (QED) is 0.0261. The lowest BCUT2D eigenvalue weighted by Crippen LogP contribution is -2.30. The van der Waals surface area contributed by atoms with Crippen molar-refractivity contribution in [3.63, 3.8) is 0 Å². The molecule has 450 valence electrons. The molecule has 0 radical (unpaired) electrons. The van der Waals surface area contributed by atoms with Crippen LogP contribution in [0.15, 0.2) is 48.6 Å². The molecule has 0 aliphatic rings. The Morgan fingerprint density at radius 2 is 0.506 bits per heavy atom. The maximum absolute atomic E-state index is 12.9. The molecule has 0 aliphatic carbocycles. The van der Waals surface area contributed by atoms with E-state index in [0.29, 0.717) is 19.3 Å². The number of ether oxygens (including phenoxy) is 3. The molecule has 77 heavy (non-hydrogen) atoms. The van der Waals surface area contributed by atoms with Gasteiger partial charge in [0, 0.05) is 19.3 Å². The van der Waals surface area contributed by atoms with Crippen molar-refractivity contribution in [1.29, 1.82) is 0 Å². The third-order valence-corrected chi connectivity index (χ3v) is 15.3. The monoisotopic (exact) mass is 1080 g/mol. The lowest BCUT2D eigenvalue weighted by Gasteiger charge is -2.18. The van der Waals surface area contributed by atoms with Crippen LogP contribution < -0.4 is 0 Å². The number of rotatable bonds is 63. The Kier molecular flexibility index (Phi) is 63.6. The van der Waals surface area contributed by atoms with Crippen LogP contribution in [0.25, 0.3) is 0 Å². The molecule has 0 rings (SSSR count). The van der Waals surface area contributed by atoms with Gasteiger partial charge in [-0.15, -0.1) is 0 Å². The molecule has 0 N–H and O–H groups in total. The molecule has 0 heterocycles. The van der Waals surface area contributed by atoms with E-state index in [-0.39, 0.29) is 31.1 Å². The summed E-state index contributed by atoms with van der Waals surface area (Å²) in [4.78, 5) is 38.4. The fourth-order valence-corrected chi connectivity index (χ4v) is 10.2. The number of unbranched alkanes of at least 4 members (excludes halogenated alkanes) is 44. The van der Waals surface area contributed by atoms with E-state index in [9.17, 15) is 14.4 Å². The summed E-state index contributed by atoms with van der Waals surface area (Å²) in [6.45, 7) is 6.58. The van der Waals surface area contributed by atoms with E-state index < -0.39 is 6.10 Å². The van der Waals surface area contributed by atoms with Crippen LogP contribution in [0.5, 0.6) is 0 Å². The molecular formula is C71H130O6. The highest BCUT2D eigenvalue weighted by Crippen LogP contribution is 2.18. The van der Waals surface area contributed by atoms with E-state index in [2.05, 4.69) is 69.4 Å². The van der Waals surface area contributed by atoms with Gasteiger partial charge in [-0.1, -0.05) is 320 Å². The second-order valence-electron chi connectivity index (χ2n) is 23.1. The van der Waals surface area contributed by atoms with Crippen molar-refractivity contribution in [3.05, 3.63) is 48.6 Å². The summed E-state index contributed by atoms with van der Waals surface area (Å²) in [5, 5.41) is 0. The molecule has 0 aromatic rings. The van der Waals surface area contributed by atoms with Crippen molar-refractivity contribution in [2.75, 3.05) is 13.2 Å². The van der Waals surface area contributed by atoms with Crippen molar-refractivity contribution in [2.24, 2.45) is 0 Å². The average molecular weight is 1080 g/mol. The van der Waals surface area contributed by atoms with Crippen molar-refractivity contribution < 1.29 is 28.6 Å². The van der Waals surface area contributed by atoms with Crippen LogP contribution in [-0.2, 0) is 28.6 Å². The van der Waals surface area contributed by atoms with Gasteiger partial charge in [0.05, 0.1) is 0 Å². The molecule has 6 nitrogen and oxygen atoms in total. The van der Waals surface area contributed by atoms with Crippen molar-refractivity contribution in [2.45, 2.75) is 374 Å². The summed E-state index contributed by atoms with van der Waals surface area (Å²) in [6, 6.07) is 0. The minimum Gasteiger partial charge on any atom is -0.462 e. The number of hydrogen-bond acceptors (Lipinski definition) is 6. The Balaban J connectivity index is 4.24. The van der Waals surface area contributed by atoms with Gasteiger partial charge in [-0.3, -0.25) is 14.4 Å². The first-order valence-corrected chi connectivity index (χ1v) is 34.1. The predicted octanol–water partition coefficient (Wildman–Crippen LogP) is 23.3. The number of hydrogen-bond donors (Lipinski definition) is 0. The third kappa shape index (κ3) is 64.1. The molecule has 0 aromatic heterocycles. The molecule has 6 heteroatoms. The molecule has 0 aliphatic heterocycles. The van der Waals surface area contributed by atoms with Crippen LogP contribution in [0.3, 0.4) is 0 Å². The Morgan fingerprint density at radius 3 is 0.805 bits per heavy atom. The first kappa shape index (κ1) is 74.4. The highest BCUT2D eigenvalue weighted by Gasteiger charge is 2.19. The summed E-state index contributed by atoms with van der Waals surface area (Å²) in [6.07, 6.45) is 82.8. The first-order valence-electron chi connectivity index (χ1n) is 34.1. The molecule has 0 amide bonds. The largest absolute Gasteiger partial charge is 0.462 e. The number of esters is 3. The summed E-state index contributed by atoms with van der Waals surface area (Å²) >= 11 is 0. The minimum absolute atomic E-state index is 0.0726. The van der Waals surface area contributed by atoms with Gasteiger partial charge in [0.25, 0.3) is 0 Å². The highest BCUT2D eigenvalue weighted by molar-refractivity contribution is 5.71. The topological polar surface area (TPSA) is 78.9 Å². The summed E-state index contributed by atoms with van der Waals surface area (Å²) < 4.78 is 17.0. The highest BCUT2D eigenvalue weighted by atomic mass is 16.6. The smallest absolute Gasteiger partial charge is 0.306 e. The Hall–Kier alpha value is -2.63. The van der Waals surface area contributed by atoms with Crippen LogP contribution >= 0.6 is 0 Å². The van der Waals surface area contributed by atoms with Gasteiger partial charge in [0.15, 0.2) is 6.10 Å². The number of carbonyl (C=O) groups excluding carboxylic acids is 3. The van der Waals surface area contributed by atoms with Crippen LogP contribution in [0, 0.1) is 0 Å². The Morgan fingerprint density at radius 1 is 0.273 bits per heavy atom. The molecular weight excluding hydrogens is 949 g/mol. The zero-order valence-corrected chi connectivity index (χ0v) is 51.7. The van der Waals surface area contributed by atoms with E-state index >= 15 is 0 Å². The SMILES string of the molecule is CC/C=C\C/C=C\C/C=C\CCCCCCCCCC(=O)OC(COC(=O)CCCCCCCCCCCCCCCCC)COC(=O)CCCCCCCCCCCCCCCCC/C=C\CCCCCCCCCC. The second-order valence-corrected chi connectivity index (χ2v) is 23.1. The molecule has 0 aromatic carbocycles. The number of carbonyl (C=O) groups is 3. The maximum atomic E-state index is 12.9. The van der Waals surface area contributed by atoms with Crippen LogP contribution in [-0.4, -0.2) is 37.2 Å². The summed E-state index contributed by atoms with van der Waals surface area (Å²) in [5.41, 5.74) is 0. The van der Waals surface area contributed by atoms with E-state index in [1.165, 1.54) is 244 Å². The van der Waals surface area contributed by atoms with Gasteiger partial charge in [-0.2, -0.15) is 0 Å². The minimum atomic E-state index is -0.777. The van der Waals surface area contributed by atoms with Crippen LogP contribution in [0.4, 0.5) is 0 Å². The lowest BCUT2D eigenvalue weighted by atomic mass is 10.0. The summed E-state index contributed by atoms with van der Waals surface area (Å²) in [7, 11) is 0. The number of allylic oxidation sites excluding steroid dienone is 8. The molecule has 1 atom stereocenters. The van der Waals surface area contributed by atoms with Gasteiger partial charge in [-0.05, 0) is 77.0 Å². The fraction of sp³-hybridized carbons (Fsp3) is 0.845. The van der Waals surface area contributed by atoms with Crippen molar-refractivity contribution in [3.8, 4) is 0 Å². The Labute approximate surface area is 479 Å². The maximum Gasteiger partial charge on any atom is 0.306 e. The van der Waals surface area contributed by atoms with Crippen molar-refractivity contribution >= 4 is 17.9 Å². The zero-order valence-electron chi connectivity index (χ0n) is 51.7. The van der Waals surface area contributed by atoms with Crippen molar-refractivity contribution in [1.82, 2.24) is 0 Å². The van der Waals surface area contributed by atoms with E-state index in [0.717, 1.165) is 83.5 Å². The standard InChI is InChI=1S/C71H130O6/c1-4-7-10-13-16-19-22-25-28-30-31-32-33-34-35-36-37-38-39-41-43-46-49-52-55-58-61-64-70(73)76-67-68(66-75-69(72)63-60-57-54-51-48-45-42-27-24-21-18-15-12-9-6-3)77-71(74)65-62-59-56-53-50-47-44-40-29-26-23-20-17-14-11-8-5-2/h8,11,17,20,26,29-31,68H,4-7,9-10,12-16,18-19,21-25,27-28,32-67H2,1-3H3/b11-8-,20-17-,29-26-,31-30-. The molecule has 0 spiro atoms. The summed E-state index contributed by atoms with van der Waals surface area (Å²) in [5.74, 6) is -0.858. The van der Waals surface area contributed by atoms with Gasteiger partial charge < -0.3 is 14.2 Å². The van der Waals surface area contributed by atoms with E-state index in [1.807, 2.05) is 0 Å². The second kappa shape index (κ2) is 65.9. The first-order chi connectivity index (χ1) is 38.0. The molecule has 0 bridgehead atoms. The average Bonchev–Trinajstić information content (AvgIpc) is 3.43. The van der Waals surface area contributed by atoms with Gasteiger partial charge in [-0.25, -0.2) is 0 Å². The lowest BCUT2D eigenvalue weighted by molar-refractivity contribution is -0.167. The molecule has 0 fully saturated rings. The van der Waals surface area contributed by atoms with E-state index in [4.69, 9.17) is 14.2 Å². The van der Waals surface area contributed by atoms with Crippen LogP contribution in [0.1, 0.15) is 367 Å². The van der Waals surface area contributed by atoms with Crippen LogP contribution in [0.2, 0.25) is 0 Å². The predicted molar refractivity (Wildman–Crippen MR) is 335 cm³/mol. The molecule has 0 saturated carbocycles. The normalized spacial score (nSPS) is 12.3. The fourth-order valence-electron chi connectivity index (χ4n) is 10.2. The van der Waals surface area contributed by atoms with Gasteiger partial charge in [0.2, 0.25) is 0 Å². The molecule has 1 unspecified atom stereocenters. The van der Waals surface area contributed by atoms with Gasteiger partial charge >= 0.3 is 17.9 Å².